The lowest BCUT2D eigenvalue weighted by atomic mass is 10.1. The molecule has 0 N–H and O–H groups in total. The second kappa shape index (κ2) is 6.29. The minimum Gasteiger partial charge on any atom is -0.370 e. The van der Waals surface area contributed by atoms with Gasteiger partial charge in [-0.05, 0) is 51.8 Å². The second-order valence-electron chi connectivity index (χ2n) is 5.27. The molecule has 1 aliphatic carbocycles. The van der Waals surface area contributed by atoms with Gasteiger partial charge in [0, 0.05) is 38.2 Å². The van der Waals surface area contributed by atoms with Crippen molar-refractivity contribution in [3.8, 4) is 0 Å². The van der Waals surface area contributed by atoms with Crippen molar-refractivity contribution in [2.45, 2.75) is 40.5 Å². The van der Waals surface area contributed by atoms with Gasteiger partial charge in [0.15, 0.2) is 5.78 Å². The van der Waals surface area contributed by atoms with Gasteiger partial charge in [0.25, 0.3) is 0 Å². The minimum absolute atomic E-state index is 0.305. The predicted octanol–water partition coefficient (Wildman–Crippen LogP) is 3.51. The summed E-state index contributed by atoms with van der Waals surface area (Å²) < 4.78 is 0. The van der Waals surface area contributed by atoms with E-state index in [1.54, 1.807) is 0 Å². The number of anilines is 2. The van der Waals surface area contributed by atoms with E-state index < -0.39 is 0 Å². The molecule has 0 radical (unpaired) electrons. The predicted molar refractivity (Wildman–Crippen MR) is 86.2 cm³/mol. The van der Waals surface area contributed by atoms with Gasteiger partial charge in [0.2, 0.25) is 0 Å². The van der Waals surface area contributed by atoms with E-state index in [0.29, 0.717) is 12.2 Å². The number of carbonyl (C=O) groups excluding carboxylic acids is 1. The first kappa shape index (κ1) is 14.9. The molecule has 0 saturated carbocycles. The lowest BCUT2D eigenvalue weighted by Crippen LogP contribution is -2.28. The SMILES string of the molecule is CCN(CC)c1cc2c(cc1N(CC)CC)C(=O)CC2. The average molecular weight is 274 g/mol. The maximum Gasteiger partial charge on any atom is 0.163 e. The molecule has 0 atom stereocenters. The molecule has 0 aliphatic heterocycles. The largest absolute Gasteiger partial charge is 0.370 e. The Morgan fingerprint density at radius 3 is 1.85 bits per heavy atom. The number of rotatable bonds is 6. The lowest BCUT2D eigenvalue weighted by molar-refractivity contribution is 0.0994. The molecule has 1 aliphatic rings. The number of carbonyl (C=O) groups is 1. The first-order valence-electron chi connectivity index (χ1n) is 7.86. The molecule has 0 heterocycles. The Morgan fingerprint density at radius 2 is 1.35 bits per heavy atom. The molecule has 0 fully saturated rings. The first-order valence-corrected chi connectivity index (χ1v) is 7.86. The number of Topliss-reactive ketones (excluding diaryl/α,β-unsaturated/α-hetero) is 1. The van der Waals surface area contributed by atoms with E-state index in [2.05, 4.69) is 49.6 Å². The summed E-state index contributed by atoms with van der Waals surface area (Å²) >= 11 is 0. The fraction of sp³-hybridized carbons (Fsp3) is 0.588. The minimum atomic E-state index is 0.305. The van der Waals surface area contributed by atoms with E-state index in [1.165, 1.54) is 16.9 Å². The van der Waals surface area contributed by atoms with Crippen molar-refractivity contribution >= 4 is 17.2 Å². The van der Waals surface area contributed by atoms with E-state index in [0.717, 1.165) is 38.2 Å². The number of aryl methyl sites for hydroxylation is 1. The number of nitrogens with zero attached hydrogens (tertiary/aromatic N) is 2. The van der Waals surface area contributed by atoms with Crippen LogP contribution in [-0.2, 0) is 6.42 Å². The number of hydrogen-bond acceptors (Lipinski definition) is 3. The average Bonchev–Trinajstić information content (AvgIpc) is 2.83. The molecular weight excluding hydrogens is 248 g/mol. The molecule has 110 valence electrons. The van der Waals surface area contributed by atoms with Crippen molar-refractivity contribution in [1.29, 1.82) is 0 Å². The van der Waals surface area contributed by atoms with Crippen LogP contribution in [0.15, 0.2) is 12.1 Å². The molecule has 0 aromatic heterocycles. The van der Waals surface area contributed by atoms with Crippen LogP contribution in [0.25, 0.3) is 0 Å². The summed E-state index contributed by atoms with van der Waals surface area (Å²) in [5.74, 6) is 0.305. The Balaban J connectivity index is 2.55. The fourth-order valence-electron chi connectivity index (χ4n) is 3.10. The molecule has 1 aromatic carbocycles. The van der Waals surface area contributed by atoms with E-state index in [4.69, 9.17) is 0 Å². The van der Waals surface area contributed by atoms with Gasteiger partial charge in [-0.15, -0.1) is 0 Å². The van der Waals surface area contributed by atoms with Crippen LogP contribution in [0.4, 0.5) is 11.4 Å². The lowest BCUT2D eigenvalue weighted by Gasteiger charge is -2.31. The van der Waals surface area contributed by atoms with Gasteiger partial charge in [-0.2, -0.15) is 0 Å². The molecule has 0 bridgehead atoms. The van der Waals surface area contributed by atoms with E-state index in [1.807, 2.05) is 0 Å². The molecule has 2 rings (SSSR count). The van der Waals surface area contributed by atoms with Crippen molar-refractivity contribution < 1.29 is 4.79 Å². The molecule has 3 nitrogen and oxygen atoms in total. The molecule has 0 unspecified atom stereocenters. The summed E-state index contributed by atoms with van der Waals surface area (Å²) in [5.41, 5.74) is 4.68. The van der Waals surface area contributed by atoms with Crippen molar-refractivity contribution in [3.63, 3.8) is 0 Å². The van der Waals surface area contributed by atoms with Crippen LogP contribution >= 0.6 is 0 Å². The standard InChI is InChI=1S/C17H26N2O/c1-5-18(6-2)15-11-13-9-10-17(20)14(13)12-16(15)19(7-3)8-4/h11-12H,5-10H2,1-4H3. The van der Waals surface area contributed by atoms with Gasteiger partial charge in [0.05, 0.1) is 11.4 Å². The summed E-state index contributed by atoms with van der Waals surface area (Å²) in [6.45, 7) is 12.7. The van der Waals surface area contributed by atoms with Crippen molar-refractivity contribution in [1.82, 2.24) is 0 Å². The Labute approximate surface area is 122 Å². The Hall–Kier alpha value is -1.51. The molecule has 0 spiro atoms. The third kappa shape index (κ3) is 2.54. The first-order chi connectivity index (χ1) is 9.65. The monoisotopic (exact) mass is 274 g/mol. The van der Waals surface area contributed by atoms with Crippen molar-refractivity contribution in [2.24, 2.45) is 0 Å². The van der Waals surface area contributed by atoms with E-state index in [9.17, 15) is 4.79 Å². The summed E-state index contributed by atoms with van der Waals surface area (Å²) in [4.78, 5) is 16.7. The summed E-state index contributed by atoms with van der Waals surface area (Å²) in [6.07, 6.45) is 1.58. The number of benzene rings is 1. The molecule has 20 heavy (non-hydrogen) atoms. The highest BCUT2D eigenvalue weighted by Gasteiger charge is 2.24. The molecular formula is C17H26N2O. The second-order valence-corrected chi connectivity index (χ2v) is 5.27. The summed E-state index contributed by atoms with van der Waals surface area (Å²) in [7, 11) is 0. The number of fused-ring (bicyclic) bond motifs is 1. The van der Waals surface area contributed by atoms with Gasteiger partial charge >= 0.3 is 0 Å². The van der Waals surface area contributed by atoms with E-state index >= 15 is 0 Å². The van der Waals surface area contributed by atoms with E-state index in [-0.39, 0.29) is 0 Å². The topological polar surface area (TPSA) is 23.6 Å². The maximum atomic E-state index is 12.0. The van der Waals surface area contributed by atoms with Crippen LogP contribution in [0.2, 0.25) is 0 Å². The van der Waals surface area contributed by atoms with Gasteiger partial charge in [-0.1, -0.05) is 0 Å². The van der Waals surface area contributed by atoms with Crippen LogP contribution in [0.3, 0.4) is 0 Å². The molecule has 0 amide bonds. The molecule has 1 aromatic rings. The zero-order chi connectivity index (χ0) is 14.7. The van der Waals surface area contributed by atoms with Gasteiger partial charge < -0.3 is 9.80 Å². The Morgan fingerprint density at radius 1 is 0.850 bits per heavy atom. The van der Waals surface area contributed by atoms with Gasteiger partial charge in [-0.25, -0.2) is 0 Å². The maximum absolute atomic E-state index is 12.0. The Kier molecular flexibility index (Phi) is 4.69. The van der Waals surface area contributed by atoms with Crippen LogP contribution in [0.1, 0.15) is 50.0 Å². The highest BCUT2D eigenvalue weighted by Crippen LogP contribution is 2.36. The zero-order valence-electron chi connectivity index (χ0n) is 13.2. The number of hydrogen-bond donors (Lipinski definition) is 0. The Bertz CT molecular complexity index is 488. The summed E-state index contributed by atoms with van der Waals surface area (Å²) in [5, 5.41) is 0. The number of ketones is 1. The normalized spacial score (nSPS) is 13.5. The van der Waals surface area contributed by atoms with Crippen molar-refractivity contribution in [2.75, 3.05) is 36.0 Å². The quantitative estimate of drug-likeness (QED) is 0.793. The van der Waals surface area contributed by atoms with Crippen LogP contribution in [0, 0.1) is 0 Å². The third-order valence-electron chi connectivity index (χ3n) is 4.33. The highest BCUT2D eigenvalue weighted by molar-refractivity contribution is 6.02. The van der Waals surface area contributed by atoms with Crippen LogP contribution in [-0.4, -0.2) is 32.0 Å². The van der Waals surface area contributed by atoms with Gasteiger partial charge in [-0.3, -0.25) is 4.79 Å². The fourth-order valence-corrected chi connectivity index (χ4v) is 3.10. The molecule has 0 saturated heterocycles. The third-order valence-corrected chi connectivity index (χ3v) is 4.33. The van der Waals surface area contributed by atoms with Crippen LogP contribution < -0.4 is 9.80 Å². The smallest absolute Gasteiger partial charge is 0.163 e. The van der Waals surface area contributed by atoms with Gasteiger partial charge in [0.1, 0.15) is 0 Å². The molecule has 3 heteroatoms. The summed E-state index contributed by atoms with van der Waals surface area (Å²) in [6, 6.07) is 4.38. The van der Waals surface area contributed by atoms with Crippen LogP contribution in [0.5, 0.6) is 0 Å². The zero-order valence-corrected chi connectivity index (χ0v) is 13.2. The van der Waals surface area contributed by atoms with Crippen molar-refractivity contribution in [3.05, 3.63) is 23.3 Å². The highest BCUT2D eigenvalue weighted by atomic mass is 16.1.